The Morgan fingerprint density at radius 3 is 2.88 bits per heavy atom. The molecule has 0 aliphatic rings. The molecule has 0 radical (unpaired) electrons. The normalized spacial score (nSPS) is 9.62. The van der Waals surface area contributed by atoms with E-state index in [1.165, 1.54) is 0 Å². The quantitative estimate of drug-likeness (QED) is 0.553. The Kier molecular flexibility index (Phi) is 1.66. The molecule has 1 heterocycles. The first-order chi connectivity index (χ1) is 3.83. The van der Waals surface area contributed by atoms with Gasteiger partial charge in [-0.25, -0.2) is 4.79 Å². The number of hydrogen-bond donors (Lipinski definition) is 1. The van der Waals surface area contributed by atoms with E-state index in [9.17, 15) is 4.79 Å². The van der Waals surface area contributed by atoms with Crippen molar-refractivity contribution in [3.63, 3.8) is 0 Å². The van der Waals surface area contributed by atoms with Gasteiger partial charge < -0.3 is 0 Å². The summed E-state index contributed by atoms with van der Waals surface area (Å²) in [5, 5.41) is 3.38. The fourth-order valence-corrected chi connectivity index (χ4v) is 0.648. The molecule has 0 bridgehead atoms. The number of rotatable bonds is 1. The average molecular weight is 226 g/mol. The highest BCUT2D eigenvalue weighted by atomic mass is 127. The van der Waals surface area contributed by atoms with E-state index >= 15 is 0 Å². The van der Waals surface area contributed by atoms with Crippen LogP contribution in [-0.2, 0) is 4.43 Å². The van der Waals surface area contributed by atoms with Gasteiger partial charge in [0.25, 0.3) is 0 Å². The predicted octanol–water partition coefficient (Wildman–Crippen LogP) is 0.298. The van der Waals surface area contributed by atoms with Crippen LogP contribution in [0.4, 0.5) is 0 Å². The maximum Gasteiger partial charge on any atom is 0.438 e. The smallest absolute Gasteiger partial charge is 0.296 e. The highest BCUT2D eigenvalue weighted by Crippen LogP contribution is 1.92. The molecule has 0 aliphatic heterocycles. The third-order valence-corrected chi connectivity index (χ3v) is 1.33. The lowest BCUT2D eigenvalue weighted by Crippen LogP contribution is -1.95. The van der Waals surface area contributed by atoms with Crippen molar-refractivity contribution in [2.24, 2.45) is 0 Å². The lowest BCUT2D eigenvalue weighted by atomic mass is 10.8. The highest BCUT2D eigenvalue weighted by Gasteiger charge is 1.93. The molecule has 0 fully saturated rings. The van der Waals surface area contributed by atoms with Crippen LogP contribution < -0.4 is 5.76 Å². The van der Waals surface area contributed by atoms with Crippen LogP contribution in [0.25, 0.3) is 0 Å². The van der Waals surface area contributed by atoms with Crippen molar-refractivity contribution in [3.05, 3.63) is 16.4 Å². The molecule has 4 nitrogen and oxygen atoms in total. The first kappa shape index (κ1) is 5.80. The number of H-pyrrole nitrogens is 1. The minimum Gasteiger partial charge on any atom is -0.296 e. The summed E-state index contributed by atoms with van der Waals surface area (Å²) in [5.74, 6) is 0.0901. The van der Waals surface area contributed by atoms with Gasteiger partial charge in [-0.2, -0.15) is 0 Å². The zero-order chi connectivity index (χ0) is 5.98. The molecule has 1 rings (SSSR count). The third kappa shape index (κ3) is 1.09. The third-order valence-electron chi connectivity index (χ3n) is 0.612. The maximum atomic E-state index is 10.2. The summed E-state index contributed by atoms with van der Waals surface area (Å²) in [5.41, 5.74) is 0. The molecule has 1 aromatic heterocycles. The van der Waals surface area contributed by atoms with E-state index in [2.05, 4.69) is 37.3 Å². The summed E-state index contributed by atoms with van der Waals surface area (Å²) >= 11 is 2.07. The lowest BCUT2D eigenvalue weighted by Gasteiger charge is -1.73. The topological polar surface area (TPSA) is 58.9 Å². The number of nitrogens with zero attached hydrogens (tertiary/aromatic N) is 1. The molecule has 0 spiro atoms. The summed E-state index contributed by atoms with van der Waals surface area (Å²) in [4.78, 5) is 12.5. The van der Waals surface area contributed by atoms with E-state index in [-0.39, 0.29) is 0 Å². The average Bonchev–Trinajstić information content (AvgIpc) is 2.14. The van der Waals surface area contributed by atoms with Crippen molar-refractivity contribution in [2.45, 2.75) is 4.43 Å². The van der Waals surface area contributed by atoms with Gasteiger partial charge in [-0.15, -0.1) is 0 Å². The van der Waals surface area contributed by atoms with Crippen molar-refractivity contribution in [1.82, 2.24) is 10.1 Å². The van der Waals surface area contributed by atoms with Crippen molar-refractivity contribution in [1.29, 1.82) is 0 Å². The van der Waals surface area contributed by atoms with E-state index in [0.29, 0.717) is 10.3 Å². The van der Waals surface area contributed by atoms with E-state index < -0.39 is 5.76 Å². The Balaban J connectivity index is 3.01. The van der Waals surface area contributed by atoms with Crippen LogP contribution in [0.15, 0.2) is 9.32 Å². The Labute approximate surface area is 58.4 Å². The van der Waals surface area contributed by atoms with E-state index in [1.54, 1.807) is 0 Å². The van der Waals surface area contributed by atoms with Crippen LogP contribution in [0.5, 0.6) is 0 Å². The molecule has 0 saturated carbocycles. The minimum absolute atomic E-state index is 0.489. The molecule has 1 aromatic rings. The summed E-state index contributed by atoms with van der Waals surface area (Å²) in [6.07, 6.45) is 0. The molecule has 1 N–H and O–H groups in total. The molecule has 44 valence electrons. The Morgan fingerprint density at radius 1 is 1.88 bits per heavy atom. The molecule has 0 aromatic carbocycles. The zero-order valence-electron chi connectivity index (χ0n) is 3.85. The van der Waals surface area contributed by atoms with E-state index in [1.807, 2.05) is 0 Å². The standard InChI is InChI=1S/C3H3IN2O2/c4-1-2-5-3(7)8-6-2/h1H2,(H,5,6,7). The van der Waals surface area contributed by atoms with Gasteiger partial charge in [-0.1, -0.05) is 27.7 Å². The van der Waals surface area contributed by atoms with Crippen LogP contribution in [-0.4, -0.2) is 10.1 Å². The summed E-state index contributed by atoms with van der Waals surface area (Å²) in [7, 11) is 0. The van der Waals surface area contributed by atoms with Crippen LogP contribution >= 0.6 is 22.6 Å². The van der Waals surface area contributed by atoms with Crippen LogP contribution in [0.2, 0.25) is 0 Å². The molecular weight excluding hydrogens is 223 g/mol. The second-order valence-corrected chi connectivity index (χ2v) is 1.94. The molecule has 0 saturated heterocycles. The van der Waals surface area contributed by atoms with Gasteiger partial charge in [0, 0.05) is 0 Å². The summed E-state index contributed by atoms with van der Waals surface area (Å²) in [6.45, 7) is 0. The van der Waals surface area contributed by atoms with Gasteiger partial charge in [-0.05, 0) is 0 Å². The van der Waals surface area contributed by atoms with Crippen LogP contribution in [0.1, 0.15) is 5.82 Å². The van der Waals surface area contributed by atoms with Crippen molar-refractivity contribution < 1.29 is 4.52 Å². The first-order valence-electron chi connectivity index (χ1n) is 1.94. The fraction of sp³-hybridized carbons (Fsp3) is 0.333. The second kappa shape index (κ2) is 2.29. The second-order valence-electron chi connectivity index (χ2n) is 1.18. The Hall–Kier alpha value is -0.330. The summed E-state index contributed by atoms with van der Waals surface area (Å²) in [6, 6.07) is 0. The van der Waals surface area contributed by atoms with Crippen LogP contribution in [0, 0.1) is 0 Å². The number of halogens is 1. The first-order valence-corrected chi connectivity index (χ1v) is 3.46. The van der Waals surface area contributed by atoms with Gasteiger partial charge >= 0.3 is 5.76 Å². The largest absolute Gasteiger partial charge is 0.438 e. The minimum atomic E-state index is -0.489. The summed E-state index contributed by atoms with van der Waals surface area (Å²) < 4.78 is 4.86. The van der Waals surface area contributed by atoms with E-state index in [0.717, 1.165) is 0 Å². The SMILES string of the molecule is O=c1[nH]c(CI)no1. The number of alkyl halides is 1. The number of nitrogens with one attached hydrogen (secondary N) is 1. The number of hydrogen-bond acceptors (Lipinski definition) is 3. The monoisotopic (exact) mass is 226 g/mol. The van der Waals surface area contributed by atoms with Crippen molar-refractivity contribution >= 4 is 22.6 Å². The lowest BCUT2D eigenvalue weighted by molar-refractivity contribution is 0.383. The molecule has 0 amide bonds. The van der Waals surface area contributed by atoms with Crippen molar-refractivity contribution in [2.75, 3.05) is 0 Å². The van der Waals surface area contributed by atoms with Gasteiger partial charge in [0.15, 0.2) is 5.82 Å². The maximum absolute atomic E-state index is 10.2. The number of aromatic amines is 1. The van der Waals surface area contributed by atoms with Gasteiger partial charge in [-0.3, -0.25) is 9.51 Å². The van der Waals surface area contributed by atoms with E-state index in [4.69, 9.17) is 0 Å². The molecule has 0 unspecified atom stereocenters. The van der Waals surface area contributed by atoms with Crippen molar-refractivity contribution in [3.8, 4) is 0 Å². The fourth-order valence-electron chi connectivity index (χ4n) is 0.318. The predicted molar refractivity (Wildman–Crippen MR) is 34.8 cm³/mol. The van der Waals surface area contributed by atoms with Gasteiger partial charge in [0.2, 0.25) is 0 Å². The molecular formula is C3H3IN2O2. The number of aromatic nitrogens is 2. The van der Waals surface area contributed by atoms with Gasteiger partial charge in [0.05, 0.1) is 4.43 Å². The Morgan fingerprint density at radius 2 is 2.62 bits per heavy atom. The molecule has 8 heavy (non-hydrogen) atoms. The van der Waals surface area contributed by atoms with Gasteiger partial charge in [0.1, 0.15) is 0 Å². The molecule has 5 heteroatoms. The molecule has 0 aliphatic carbocycles. The molecule has 0 atom stereocenters. The zero-order valence-corrected chi connectivity index (χ0v) is 6.01. The Bertz CT molecular complexity index is 215. The highest BCUT2D eigenvalue weighted by molar-refractivity contribution is 14.1. The van der Waals surface area contributed by atoms with Crippen LogP contribution in [0.3, 0.4) is 0 Å².